The Balaban J connectivity index is 1.35. The lowest BCUT2D eigenvalue weighted by atomic mass is 9.95. The second kappa shape index (κ2) is 10.8. The summed E-state index contributed by atoms with van der Waals surface area (Å²) in [5, 5.41) is 7.06. The Morgan fingerprint density at radius 3 is 2.75 bits per heavy atom. The van der Waals surface area contributed by atoms with Crippen molar-refractivity contribution in [1.82, 2.24) is 24.8 Å². The van der Waals surface area contributed by atoms with Crippen molar-refractivity contribution in [3.8, 4) is 0 Å². The highest BCUT2D eigenvalue weighted by atomic mass is 35.5. The van der Waals surface area contributed by atoms with E-state index in [9.17, 15) is 4.79 Å². The third kappa shape index (κ3) is 5.94. The highest BCUT2D eigenvalue weighted by molar-refractivity contribution is 6.32. The molecule has 1 amide bonds. The smallest absolute Gasteiger partial charge is 0.229 e. The fourth-order valence-corrected chi connectivity index (χ4v) is 5.21. The summed E-state index contributed by atoms with van der Waals surface area (Å²) in [6.07, 6.45) is 9.21. The zero-order chi connectivity index (χ0) is 25.1. The first-order valence-electron chi connectivity index (χ1n) is 12.5. The molecule has 2 aliphatic rings. The number of piperidine rings is 1. The van der Waals surface area contributed by atoms with Crippen molar-refractivity contribution in [1.29, 1.82) is 0 Å². The number of aromatic nitrogens is 3. The Morgan fingerprint density at radius 2 is 1.94 bits per heavy atom. The fourth-order valence-electron chi connectivity index (χ4n) is 5.07. The molecule has 0 atom stereocenters. The number of aryl methyl sites for hydroxylation is 2. The van der Waals surface area contributed by atoms with E-state index in [0.29, 0.717) is 22.7 Å². The fraction of sp³-hybridized carbons (Fsp3) is 0.407. The maximum Gasteiger partial charge on any atom is 0.229 e. The first kappa shape index (κ1) is 24.5. The maximum atomic E-state index is 11.6. The Kier molecular flexibility index (Phi) is 7.34. The number of benzene rings is 1. The minimum absolute atomic E-state index is 0.187. The molecule has 0 saturated carbocycles. The van der Waals surface area contributed by atoms with E-state index in [1.165, 1.54) is 11.1 Å². The largest absolute Gasteiger partial charge is 0.343 e. The number of likely N-dealkylation sites (tertiary alicyclic amines) is 1. The number of halogens is 1. The molecule has 1 saturated heterocycles. The van der Waals surface area contributed by atoms with Gasteiger partial charge in [-0.2, -0.15) is 4.98 Å². The van der Waals surface area contributed by atoms with E-state index in [1.54, 1.807) is 19.3 Å². The van der Waals surface area contributed by atoms with Gasteiger partial charge >= 0.3 is 0 Å². The number of hydrogen-bond acceptors (Lipinski definition) is 7. The van der Waals surface area contributed by atoms with E-state index in [4.69, 9.17) is 11.6 Å². The molecule has 2 aromatic heterocycles. The summed E-state index contributed by atoms with van der Waals surface area (Å²) in [6.45, 7) is 5.31. The first-order chi connectivity index (χ1) is 17.4. The zero-order valence-electron chi connectivity index (χ0n) is 20.8. The molecule has 9 heteroatoms. The number of carbonyl (C=O) groups is 1. The van der Waals surface area contributed by atoms with Crippen LogP contribution in [0.25, 0.3) is 0 Å². The minimum Gasteiger partial charge on any atom is -0.343 e. The Hall–Kier alpha value is -3.23. The lowest BCUT2D eigenvalue weighted by Gasteiger charge is -2.33. The number of nitrogens with zero attached hydrogens (tertiary/aromatic N) is 5. The molecule has 2 N–H and O–H groups in total. The highest BCUT2D eigenvalue weighted by Gasteiger charge is 2.22. The molecule has 6 bridgehead atoms. The number of fused-ring (bicyclic) bond motifs is 6. The van der Waals surface area contributed by atoms with Crippen LogP contribution in [-0.4, -0.2) is 57.3 Å². The predicted molar refractivity (Wildman–Crippen MR) is 143 cm³/mol. The molecule has 188 valence electrons. The molecule has 5 rings (SSSR count). The van der Waals surface area contributed by atoms with Crippen LogP contribution >= 0.6 is 11.6 Å². The Labute approximate surface area is 217 Å². The number of anilines is 4. The average molecular weight is 506 g/mol. The van der Waals surface area contributed by atoms with Gasteiger partial charge in [0.1, 0.15) is 5.02 Å². The summed E-state index contributed by atoms with van der Waals surface area (Å²) < 4.78 is 0. The Morgan fingerprint density at radius 1 is 1.11 bits per heavy atom. The normalized spacial score (nSPS) is 15.8. The zero-order valence-corrected chi connectivity index (χ0v) is 21.6. The quantitative estimate of drug-likeness (QED) is 0.526. The van der Waals surface area contributed by atoms with Crippen LogP contribution in [0.4, 0.5) is 23.1 Å². The summed E-state index contributed by atoms with van der Waals surface area (Å²) in [4.78, 5) is 29.3. The SMILES string of the molecule is CC(=O)N1CCC(CN(C)Cc2ccc3cc2CCc2cncc(c2)Nc2ncc(Cl)c(n2)N3)CC1. The standard InChI is InChI=1S/C27H32ClN7O/c1-18(36)35-9-7-19(8-10-35)16-34(2)17-22-5-6-23-12-21(22)4-3-20-11-24(14-29-13-20)32-27-30-15-25(28)26(31-23)33-27/h5-6,11-15,19H,3-4,7-10,16-17H2,1-2H3,(H2,30,31,32,33). The van der Waals surface area contributed by atoms with Gasteiger partial charge in [0, 0.05) is 45.0 Å². The van der Waals surface area contributed by atoms with Crippen molar-refractivity contribution < 1.29 is 4.79 Å². The van der Waals surface area contributed by atoms with Crippen molar-refractivity contribution in [3.05, 3.63) is 64.6 Å². The number of pyridine rings is 1. The first-order valence-corrected chi connectivity index (χ1v) is 12.9. The molecule has 2 aliphatic heterocycles. The van der Waals surface area contributed by atoms with Crippen molar-refractivity contribution in [2.45, 2.75) is 39.2 Å². The summed E-state index contributed by atoms with van der Waals surface area (Å²) in [7, 11) is 2.19. The van der Waals surface area contributed by atoms with Gasteiger partial charge in [0.2, 0.25) is 11.9 Å². The van der Waals surface area contributed by atoms with Gasteiger partial charge in [-0.3, -0.25) is 9.78 Å². The van der Waals surface area contributed by atoms with Crippen LogP contribution < -0.4 is 10.6 Å². The van der Waals surface area contributed by atoms with E-state index >= 15 is 0 Å². The van der Waals surface area contributed by atoms with Crippen LogP contribution in [0.3, 0.4) is 0 Å². The monoisotopic (exact) mass is 505 g/mol. The van der Waals surface area contributed by atoms with E-state index in [-0.39, 0.29) is 5.91 Å². The molecular formula is C27H32ClN7O. The summed E-state index contributed by atoms with van der Waals surface area (Å²) >= 11 is 6.40. The van der Waals surface area contributed by atoms with E-state index in [1.807, 2.05) is 11.1 Å². The van der Waals surface area contributed by atoms with Gasteiger partial charge in [-0.25, -0.2) is 4.98 Å². The minimum atomic E-state index is 0.187. The van der Waals surface area contributed by atoms with Gasteiger partial charge in [-0.05, 0) is 73.5 Å². The highest BCUT2D eigenvalue weighted by Crippen LogP contribution is 2.28. The van der Waals surface area contributed by atoms with Gasteiger partial charge in [0.15, 0.2) is 5.82 Å². The molecule has 0 aliphatic carbocycles. The molecule has 0 unspecified atom stereocenters. The van der Waals surface area contributed by atoms with Crippen molar-refractivity contribution >= 4 is 40.6 Å². The molecule has 0 spiro atoms. The third-order valence-corrected chi connectivity index (χ3v) is 7.29. The molecular weight excluding hydrogens is 474 g/mol. The number of amides is 1. The van der Waals surface area contributed by atoms with Gasteiger partial charge in [-0.1, -0.05) is 17.7 Å². The molecule has 8 nitrogen and oxygen atoms in total. The topological polar surface area (TPSA) is 86.3 Å². The molecule has 0 radical (unpaired) electrons. The molecule has 1 fully saturated rings. The van der Waals surface area contributed by atoms with Gasteiger partial charge in [-0.15, -0.1) is 0 Å². The van der Waals surface area contributed by atoms with Crippen LogP contribution in [-0.2, 0) is 24.2 Å². The number of carbonyl (C=O) groups excluding carboxylic acids is 1. The lowest BCUT2D eigenvalue weighted by Crippen LogP contribution is -2.39. The van der Waals surface area contributed by atoms with E-state index in [0.717, 1.165) is 68.8 Å². The van der Waals surface area contributed by atoms with Crippen LogP contribution in [0.2, 0.25) is 5.02 Å². The number of nitrogens with one attached hydrogen (secondary N) is 2. The molecule has 1 aromatic carbocycles. The van der Waals surface area contributed by atoms with E-state index in [2.05, 4.69) is 61.8 Å². The Bertz CT molecular complexity index is 1240. The second-order valence-corrected chi connectivity index (χ2v) is 10.3. The third-order valence-electron chi connectivity index (χ3n) is 7.02. The van der Waals surface area contributed by atoms with Crippen molar-refractivity contribution in [2.24, 2.45) is 5.92 Å². The van der Waals surface area contributed by atoms with Gasteiger partial charge in [0.05, 0.1) is 18.1 Å². The summed E-state index contributed by atoms with van der Waals surface area (Å²) in [5.74, 6) is 1.83. The van der Waals surface area contributed by atoms with Crippen LogP contribution in [0.15, 0.2) is 42.9 Å². The van der Waals surface area contributed by atoms with Crippen LogP contribution in [0.5, 0.6) is 0 Å². The van der Waals surface area contributed by atoms with E-state index < -0.39 is 0 Å². The van der Waals surface area contributed by atoms with Crippen molar-refractivity contribution in [3.63, 3.8) is 0 Å². The summed E-state index contributed by atoms with van der Waals surface area (Å²) in [6, 6.07) is 8.59. The lowest BCUT2D eigenvalue weighted by molar-refractivity contribution is -0.130. The number of hydrogen-bond donors (Lipinski definition) is 2. The molecule has 3 aromatic rings. The summed E-state index contributed by atoms with van der Waals surface area (Å²) in [5.41, 5.74) is 5.56. The van der Waals surface area contributed by atoms with Crippen LogP contribution in [0, 0.1) is 5.92 Å². The molecule has 36 heavy (non-hydrogen) atoms. The predicted octanol–water partition coefficient (Wildman–Crippen LogP) is 4.80. The second-order valence-electron chi connectivity index (χ2n) is 9.85. The average Bonchev–Trinajstić information content (AvgIpc) is 2.86. The van der Waals surface area contributed by atoms with Crippen molar-refractivity contribution in [2.75, 3.05) is 37.3 Å². The molecule has 4 heterocycles. The maximum absolute atomic E-state index is 11.6. The van der Waals surface area contributed by atoms with Gasteiger partial charge < -0.3 is 20.4 Å². The van der Waals surface area contributed by atoms with Gasteiger partial charge in [0.25, 0.3) is 0 Å². The van der Waals surface area contributed by atoms with Crippen LogP contribution in [0.1, 0.15) is 36.5 Å². The number of rotatable bonds is 4.